The highest BCUT2D eigenvalue weighted by atomic mass is 19.2. The molecule has 2 N–H and O–H groups in total. The summed E-state index contributed by atoms with van der Waals surface area (Å²) in [5, 5.41) is 9.08. The topological polar surface area (TPSA) is 92.8 Å². The maximum atomic E-state index is 14.1. The Labute approximate surface area is 157 Å². The molecule has 0 aliphatic carbocycles. The molecule has 3 rings (SSSR count). The van der Waals surface area contributed by atoms with Crippen LogP contribution in [0.15, 0.2) is 29.3 Å². The monoisotopic (exact) mass is 394 g/mol. The first-order valence-corrected chi connectivity index (χ1v) is 8.28. The lowest BCUT2D eigenvalue weighted by Crippen LogP contribution is -2.18. The van der Waals surface area contributed by atoms with Gasteiger partial charge in [-0.3, -0.25) is 19.4 Å². The molecular weight excluding hydrogens is 377 g/mol. The molecule has 0 radical (unpaired) electrons. The fourth-order valence-corrected chi connectivity index (χ4v) is 3.06. The lowest BCUT2D eigenvalue weighted by atomic mass is 9.89. The van der Waals surface area contributed by atoms with Gasteiger partial charge in [-0.05, 0) is 17.2 Å². The summed E-state index contributed by atoms with van der Waals surface area (Å²) in [5.41, 5.74) is 0.328. The second-order valence-corrected chi connectivity index (χ2v) is 6.29. The van der Waals surface area contributed by atoms with Gasteiger partial charge in [-0.25, -0.2) is 13.2 Å². The van der Waals surface area contributed by atoms with Crippen molar-refractivity contribution in [2.75, 3.05) is 7.11 Å². The summed E-state index contributed by atoms with van der Waals surface area (Å²) >= 11 is 0. The molecule has 0 aliphatic rings. The smallest absolute Gasteiger partial charge is 0.306 e. The second kappa shape index (κ2) is 7.75. The zero-order valence-corrected chi connectivity index (χ0v) is 15.1. The summed E-state index contributed by atoms with van der Waals surface area (Å²) in [5.74, 6) is -4.73. The molecule has 2 aromatic heterocycles. The lowest BCUT2D eigenvalue weighted by molar-refractivity contribution is -0.140. The SMILES string of the molecule is COC(=O)C[C@H](c1cnn(C)c1)c1c(Cc2cc(F)c(F)cc2F)[nH][nH]c1=O. The number of carbonyl (C=O) groups excluding carboxylic acids is 1. The molecule has 0 fully saturated rings. The van der Waals surface area contributed by atoms with Gasteiger partial charge in [0.2, 0.25) is 0 Å². The highest BCUT2D eigenvalue weighted by Crippen LogP contribution is 2.29. The normalized spacial score (nSPS) is 12.2. The Bertz CT molecular complexity index is 1070. The van der Waals surface area contributed by atoms with Gasteiger partial charge in [-0.1, -0.05) is 0 Å². The van der Waals surface area contributed by atoms with E-state index in [-0.39, 0.29) is 29.7 Å². The van der Waals surface area contributed by atoms with Crippen LogP contribution in [-0.2, 0) is 23.0 Å². The number of benzene rings is 1. The van der Waals surface area contributed by atoms with E-state index in [0.29, 0.717) is 11.6 Å². The fourth-order valence-electron chi connectivity index (χ4n) is 3.06. The first-order valence-electron chi connectivity index (χ1n) is 8.28. The molecule has 0 bridgehead atoms. The van der Waals surface area contributed by atoms with Crippen LogP contribution in [-0.4, -0.2) is 33.1 Å². The quantitative estimate of drug-likeness (QED) is 0.495. The highest BCUT2D eigenvalue weighted by molar-refractivity contribution is 5.71. The molecule has 0 amide bonds. The minimum absolute atomic E-state index is 0.140. The van der Waals surface area contributed by atoms with E-state index < -0.39 is 34.9 Å². The Balaban J connectivity index is 2.05. The Morgan fingerprint density at radius 1 is 1.21 bits per heavy atom. The number of nitrogens with one attached hydrogen (secondary N) is 2. The third-order valence-electron chi connectivity index (χ3n) is 4.43. The van der Waals surface area contributed by atoms with Gasteiger partial charge in [-0.2, -0.15) is 5.10 Å². The number of hydrogen-bond acceptors (Lipinski definition) is 4. The zero-order valence-electron chi connectivity index (χ0n) is 15.1. The van der Waals surface area contributed by atoms with Crippen LogP contribution in [0, 0.1) is 17.5 Å². The number of aromatic nitrogens is 4. The molecule has 2 heterocycles. The number of halogens is 3. The number of hydrogen-bond donors (Lipinski definition) is 2. The molecule has 1 atom stereocenters. The number of rotatable bonds is 6. The Morgan fingerprint density at radius 2 is 1.93 bits per heavy atom. The van der Waals surface area contributed by atoms with Crippen molar-refractivity contribution in [3.8, 4) is 0 Å². The van der Waals surface area contributed by atoms with E-state index >= 15 is 0 Å². The molecule has 3 aromatic rings. The van der Waals surface area contributed by atoms with Gasteiger partial charge in [0.25, 0.3) is 5.56 Å². The third kappa shape index (κ3) is 3.85. The molecule has 148 valence electrons. The van der Waals surface area contributed by atoms with E-state index in [1.54, 1.807) is 13.2 Å². The number of aromatic amines is 2. The number of esters is 1. The van der Waals surface area contributed by atoms with E-state index in [4.69, 9.17) is 4.74 Å². The highest BCUT2D eigenvalue weighted by Gasteiger charge is 2.27. The van der Waals surface area contributed by atoms with Crippen LogP contribution >= 0.6 is 0 Å². The minimum Gasteiger partial charge on any atom is -0.469 e. The fraction of sp³-hybridized carbons (Fsp3) is 0.278. The van der Waals surface area contributed by atoms with Crippen LogP contribution in [0.2, 0.25) is 0 Å². The summed E-state index contributed by atoms with van der Waals surface area (Å²) in [7, 11) is 2.90. The minimum atomic E-state index is -1.30. The second-order valence-electron chi connectivity index (χ2n) is 6.29. The summed E-state index contributed by atoms with van der Waals surface area (Å²) in [6.45, 7) is 0. The Kier molecular flexibility index (Phi) is 5.39. The Morgan fingerprint density at radius 3 is 2.57 bits per heavy atom. The number of ether oxygens (including phenoxy) is 1. The molecule has 0 saturated heterocycles. The molecule has 0 unspecified atom stereocenters. The average Bonchev–Trinajstić information content (AvgIpc) is 3.23. The number of methoxy groups -OCH3 is 1. The van der Waals surface area contributed by atoms with Crippen LogP contribution in [0.4, 0.5) is 13.2 Å². The molecule has 0 aliphatic heterocycles. The van der Waals surface area contributed by atoms with E-state index in [9.17, 15) is 22.8 Å². The molecule has 0 saturated carbocycles. The zero-order chi connectivity index (χ0) is 20.4. The molecule has 1 aromatic carbocycles. The predicted octanol–water partition coefficient (Wildman–Crippen LogP) is 2.14. The Hall–Kier alpha value is -3.30. The van der Waals surface area contributed by atoms with Crippen molar-refractivity contribution in [2.24, 2.45) is 7.05 Å². The van der Waals surface area contributed by atoms with Gasteiger partial charge >= 0.3 is 5.97 Å². The average molecular weight is 394 g/mol. The standard InChI is InChI=1S/C18H17F3N4O3/c1-25-8-10(7-22-25)11(5-16(26)28-2)17-15(23-24-18(17)27)4-9-3-13(20)14(21)6-12(9)19/h3,6-8,11H,4-5H2,1-2H3,(H2,23,24,27)/t11-/m1/s1. The van der Waals surface area contributed by atoms with Gasteiger partial charge in [0.1, 0.15) is 5.82 Å². The molecule has 7 nitrogen and oxygen atoms in total. The van der Waals surface area contributed by atoms with Crippen LogP contribution in [0.3, 0.4) is 0 Å². The van der Waals surface area contributed by atoms with Crippen molar-refractivity contribution in [3.05, 3.63) is 74.7 Å². The first kappa shape index (κ1) is 19.5. The van der Waals surface area contributed by atoms with Crippen molar-refractivity contribution in [1.82, 2.24) is 20.0 Å². The van der Waals surface area contributed by atoms with Crippen molar-refractivity contribution in [3.63, 3.8) is 0 Å². The number of aryl methyl sites for hydroxylation is 1. The van der Waals surface area contributed by atoms with E-state index in [2.05, 4.69) is 15.3 Å². The predicted molar refractivity (Wildman–Crippen MR) is 92.2 cm³/mol. The van der Waals surface area contributed by atoms with Crippen molar-refractivity contribution >= 4 is 5.97 Å². The molecule has 28 heavy (non-hydrogen) atoms. The maximum Gasteiger partial charge on any atom is 0.306 e. The molecule has 10 heteroatoms. The summed E-state index contributed by atoms with van der Waals surface area (Å²) in [6, 6.07) is 1.18. The summed E-state index contributed by atoms with van der Waals surface area (Å²) in [4.78, 5) is 24.3. The van der Waals surface area contributed by atoms with E-state index in [1.165, 1.54) is 18.0 Å². The van der Waals surface area contributed by atoms with Crippen LogP contribution in [0.5, 0.6) is 0 Å². The van der Waals surface area contributed by atoms with Crippen molar-refractivity contribution in [1.29, 1.82) is 0 Å². The summed E-state index contributed by atoms with van der Waals surface area (Å²) in [6.07, 6.45) is 2.77. The summed E-state index contributed by atoms with van der Waals surface area (Å²) < 4.78 is 47.0. The van der Waals surface area contributed by atoms with Gasteiger partial charge in [-0.15, -0.1) is 0 Å². The largest absolute Gasteiger partial charge is 0.469 e. The van der Waals surface area contributed by atoms with Crippen molar-refractivity contribution in [2.45, 2.75) is 18.8 Å². The molecular formula is C18H17F3N4O3. The van der Waals surface area contributed by atoms with E-state index in [1.807, 2.05) is 0 Å². The van der Waals surface area contributed by atoms with Gasteiger partial charge < -0.3 is 9.84 Å². The maximum absolute atomic E-state index is 14.1. The first-order chi connectivity index (χ1) is 13.3. The lowest BCUT2D eigenvalue weighted by Gasteiger charge is -2.14. The number of carbonyl (C=O) groups is 1. The number of H-pyrrole nitrogens is 2. The van der Waals surface area contributed by atoms with Crippen LogP contribution in [0.1, 0.15) is 34.7 Å². The van der Waals surface area contributed by atoms with E-state index in [0.717, 1.165) is 6.07 Å². The van der Waals surface area contributed by atoms with Crippen LogP contribution < -0.4 is 5.56 Å². The van der Waals surface area contributed by atoms with Crippen LogP contribution in [0.25, 0.3) is 0 Å². The van der Waals surface area contributed by atoms with Gasteiger partial charge in [0, 0.05) is 42.9 Å². The van der Waals surface area contributed by atoms with Gasteiger partial charge in [0.05, 0.1) is 19.7 Å². The molecule has 0 spiro atoms. The van der Waals surface area contributed by atoms with Crippen molar-refractivity contribution < 1.29 is 22.7 Å². The third-order valence-corrected chi connectivity index (χ3v) is 4.43. The van der Waals surface area contributed by atoms with Gasteiger partial charge in [0.15, 0.2) is 11.6 Å². The number of nitrogens with zero attached hydrogens (tertiary/aromatic N) is 2.